The quantitative estimate of drug-likeness (QED) is 0.519. The number of aliphatic imine (C=N–C) groups is 1. The Hall–Kier alpha value is -2.77. The molecule has 2 N–H and O–H groups in total. The van der Waals surface area contributed by atoms with Crippen molar-refractivity contribution < 1.29 is 14.0 Å². The number of aromatic nitrogens is 2. The van der Waals surface area contributed by atoms with E-state index in [0.29, 0.717) is 38.0 Å². The van der Waals surface area contributed by atoms with Crippen LogP contribution in [0.4, 0.5) is 0 Å². The molecule has 0 spiro atoms. The zero-order valence-electron chi connectivity index (χ0n) is 17.9. The number of benzene rings is 1. The van der Waals surface area contributed by atoms with Crippen LogP contribution in [0.2, 0.25) is 0 Å². The summed E-state index contributed by atoms with van der Waals surface area (Å²) in [6, 6.07) is 4.16. The molecule has 0 bridgehead atoms. The Morgan fingerprint density at radius 1 is 1.34 bits per heavy atom. The van der Waals surface area contributed by atoms with Gasteiger partial charge in [-0.3, -0.25) is 4.99 Å². The first-order chi connectivity index (χ1) is 14.0. The third kappa shape index (κ3) is 5.40. The largest absolute Gasteiger partial charge is 0.494 e. The van der Waals surface area contributed by atoms with E-state index in [1.165, 1.54) is 5.56 Å². The summed E-state index contributed by atoms with van der Waals surface area (Å²) >= 11 is 0. The van der Waals surface area contributed by atoms with Gasteiger partial charge in [0.25, 0.3) is 0 Å². The molecule has 158 valence electrons. The maximum Gasteiger partial charge on any atom is 0.228 e. The molecule has 0 radical (unpaired) electrons. The number of nitrogens with one attached hydrogen (secondary N) is 2. The molecule has 1 aromatic heterocycles. The van der Waals surface area contributed by atoms with Gasteiger partial charge in [0.2, 0.25) is 5.89 Å². The summed E-state index contributed by atoms with van der Waals surface area (Å²) in [5.41, 5.74) is 2.24. The molecular weight excluding hydrogens is 370 g/mol. The van der Waals surface area contributed by atoms with Gasteiger partial charge in [0, 0.05) is 50.0 Å². The topological polar surface area (TPSA) is 93.8 Å². The van der Waals surface area contributed by atoms with Crippen LogP contribution in [0.1, 0.15) is 56.5 Å². The Morgan fingerprint density at radius 3 is 2.86 bits per heavy atom. The summed E-state index contributed by atoms with van der Waals surface area (Å²) in [4.78, 5) is 8.67. The summed E-state index contributed by atoms with van der Waals surface area (Å²) in [5, 5.41) is 10.6. The van der Waals surface area contributed by atoms with E-state index in [0.717, 1.165) is 29.3 Å². The third-order valence-electron chi connectivity index (χ3n) is 4.68. The molecule has 2 heterocycles. The van der Waals surface area contributed by atoms with Gasteiger partial charge in [-0.05, 0) is 26.0 Å². The minimum atomic E-state index is 0.207. The van der Waals surface area contributed by atoms with Crippen molar-refractivity contribution in [2.75, 3.05) is 20.2 Å². The van der Waals surface area contributed by atoms with Gasteiger partial charge in [-0.1, -0.05) is 19.0 Å². The number of hydrogen-bond acceptors (Lipinski definition) is 6. The second-order valence-corrected chi connectivity index (χ2v) is 7.44. The number of ether oxygens (including phenoxy) is 2. The van der Waals surface area contributed by atoms with Crippen molar-refractivity contribution in [1.29, 1.82) is 0 Å². The van der Waals surface area contributed by atoms with Crippen molar-refractivity contribution in [3.8, 4) is 11.5 Å². The summed E-state index contributed by atoms with van der Waals surface area (Å²) in [5.74, 6) is 4.15. The molecule has 1 aromatic carbocycles. The second-order valence-electron chi connectivity index (χ2n) is 7.44. The third-order valence-corrected chi connectivity index (χ3v) is 4.68. The SMILES string of the molecule is CCOc1cc2c(cc1CNC(=NC)NCCc1nc(C(C)C)no1)OC(C)C2. The average Bonchev–Trinajstić information content (AvgIpc) is 3.30. The van der Waals surface area contributed by atoms with Crippen LogP contribution in [0.5, 0.6) is 11.5 Å². The number of fused-ring (bicyclic) bond motifs is 1. The molecular formula is C21H31N5O3. The molecule has 2 aromatic rings. The molecule has 0 saturated carbocycles. The summed E-state index contributed by atoms with van der Waals surface area (Å²) in [7, 11) is 1.75. The fourth-order valence-corrected chi connectivity index (χ4v) is 3.20. The Bertz CT molecular complexity index is 847. The van der Waals surface area contributed by atoms with Crippen LogP contribution >= 0.6 is 0 Å². The number of hydrogen-bond donors (Lipinski definition) is 2. The maximum atomic E-state index is 5.89. The van der Waals surface area contributed by atoms with E-state index in [-0.39, 0.29) is 12.0 Å². The Morgan fingerprint density at radius 2 is 2.17 bits per heavy atom. The minimum Gasteiger partial charge on any atom is -0.494 e. The molecule has 8 nitrogen and oxygen atoms in total. The van der Waals surface area contributed by atoms with Crippen LogP contribution in [-0.2, 0) is 19.4 Å². The average molecular weight is 402 g/mol. The van der Waals surface area contributed by atoms with Crippen LogP contribution in [0.15, 0.2) is 21.6 Å². The van der Waals surface area contributed by atoms with Crippen LogP contribution in [0.25, 0.3) is 0 Å². The Balaban J connectivity index is 1.55. The zero-order valence-corrected chi connectivity index (χ0v) is 17.9. The molecule has 0 fully saturated rings. The number of nitrogens with zero attached hydrogens (tertiary/aromatic N) is 3. The first-order valence-corrected chi connectivity index (χ1v) is 10.2. The highest BCUT2D eigenvalue weighted by Gasteiger charge is 2.22. The monoisotopic (exact) mass is 401 g/mol. The van der Waals surface area contributed by atoms with E-state index in [4.69, 9.17) is 14.0 Å². The fourth-order valence-electron chi connectivity index (χ4n) is 3.20. The number of rotatable bonds is 8. The van der Waals surface area contributed by atoms with Crippen molar-refractivity contribution >= 4 is 5.96 Å². The lowest BCUT2D eigenvalue weighted by Crippen LogP contribution is -2.38. The molecule has 1 aliphatic rings. The van der Waals surface area contributed by atoms with Gasteiger partial charge in [0.05, 0.1) is 6.61 Å². The molecule has 0 amide bonds. The van der Waals surface area contributed by atoms with Gasteiger partial charge in [0.15, 0.2) is 11.8 Å². The first kappa shape index (κ1) is 21.0. The van der Waals surface area contributed by atoms with E-state index in [1.807, 2.05) is 20.8 Å². The highest BCUT2D eigenvalue weighted by atomic mass is 16.5. The molecule has 3 rings (SSSR count). The van der Waals surface area contributed by atoms with Crippen LogP contribution in [0.3, 0.4) is 0 Å². The van der Waals surface area contributed by atoms with E-state index < -0.39 is 0 Å². The fraction of sp³-hybridized carbons (Fsp3) is 0.571. The van der Waals surface area contributed by atoms with Crippen molar-refractivity contribution in [1.82, 2.24) is 20.8 Å². The summed E-state index contributed by atoms with van der Waals surface area (Å²) in [6.45, 7) is 10.0. The maximum absolute atomic E-state index is 5.89. The van der Waals surface area contributed by atoms with Crippen molar-refractivity contribution in [2.45, 2.75) is 59.1 Å². The van der Waals surface area contributed by atoms with E-state index >= 15 is 0 Å². The van der Waals surface area contributed by atoms with E-state index in [2.05, 4.69) is 44.8 Å². The molecule has 0 aliphatic carbocycles. The minimum absolute atomic E-state index is 0.207. The van der Waals surface area contributed by atoms with Crippen molar-refractivity contribution in [2.24, 2.45) is 4.99 Å². The summed E-state index contributed by atoms with van der Waals surface area (Å²) < 4.78 is 17.0. The van der Waals surface area contributed by atoms with E-state index in [1.54, 1.807) is 7.05 Å². The Labute approximate surface area is 172 Å². The highest BCUT2D eigenvalue weighted by molar-refractivity contribution is 5.79. The predicted molar refractivity (Wildman–Crippen MR) is 112 cm³/mol. The van der Waals surface area contributed by atoms with Gasteiger partial charge >= 0.3 is 0 Å². The van der Waals surface area contributed by atoms with E-state index in [9.17, 15) is 0 Å². The molecule has 0 saturated heterocycles. The van der Waals surface area contributed by atoms with Crippen molar-refractivity contribution in [3.05, 3.63) is 35.0 Å². The smallest absolute Gasteiger partial charge is 0.228 e. The number of guanidine groups is 1. The van der Waals surface area contributed by atoms with Gasteiger partial charge in [0.1, 0.15) is 17.6 Å². The standard InChI is InChI=1S/C21H31N5O3/c1-6-27-17-10-15-9-14(4)28-18(15)11-16(17)12-24-21(22-5)23-8-7-19-25-20(13(2)3)26-29-19/h10-11,13-14H,6-9,12H2,1-5H3,(H2,22,23,24). The van der Waals surface area contributed by atoms with Crippen molar-refractivity contribution in [3.63, 3.8) is 0 Å². The van der Waals surface area contributed by atoms with Gasteiger partial charge in [-0.2, -0.15) is 4.98 Å². The zero-order chi connectivity index (χ0) is 20.8. The molecule has 8 heteroatoms. The second kappa shape index (κ2) is 9.62. The molecule has 1 unspecified atom stereocenters. The van der Waals surface area contributed by atoms with Gasteiger partial charge < -0.3 is 24.6 Å². The van der Waals surface area contributed by atoms with Gasteiger partial charge in [-0.25, -0.2) is 0 Å². The summed E-state index contributed by atoms with van der Waals surface area (Å²) in [6.07, 6.45) is 1.76. The lowest BCUT2D eigenvalue weighted by Gasteiger charge is -2.15. The highest BCUT2D eigenvalue weighted by Crippen LogP contribution is 2.35. The van der Waals surface area contributed by atoms with Crippen LogP contribution in [0, 0.1) is 0 Å². The van der Waals surface area contributed by atoms with Gasteiger partial charge in [-0.15, -0.1) is 0 Å². The van der Waals surface area contributed by atoms with Crippen LogP contribution in [-0.4, -0.2) is 42.4 Å². The Kier molecular flexibility index (Phi) is 6.95. The molecule has 1 aliphatic heterocycles. The van der Waals surface area contributed by atoms with Crippen LogP contribution < -0.4 is 20.1 Å². The normalized spacial score (nSPS) is 15.9. The lowest BCUT2D eigenvalue weighted by atomic mass is 10.1. The molecule has 1 atom stereocenters. The molecule has 29 heavy (non-hydrogen) atoms. The first-order valence-electron chi connectivity index (χ1n) is 10.2. The predicted octanol–water partition coefficient (Wildman–Crippen LogP) is 2.82. The lowest BCUT2D eigenvalue weighted by molar-refractivity contribution is 0.254.